The molecular weight excluding hydrogens is 286 g/mol. The molecule has 0 fully saturated rings. The molecule has 0 bridgehead atoms. The van der Waals surface area contributed by atoms with Crippen LogP contribution in [0.25, 0.3) is 0 Å². The fraction of sp³-hybridized carbons (Fsp3) is 0.647. The lowest BCUT2D eigenvalue weighted by molar-refractivity contribution is 0.389. The molecule has 3 nitrogen and oxygen atoms in total. The lowest BCUT2D eigenvalue weighted by Gasteiger charge is -2.11. The summed E-state index contributed by atoms with van der Waals surface area (Å²) in [6.45, 7) is 4.17. The van der Waals surface area contributed by atoms with Crippen LogP contribution >= 0.6 is 12.4 Å². The molecule has 4 heteroatoms. The number of methoxy groups -OCH3 is 2. The van der Waals surface area contributed by atoms with Gasteiger partial charge in [0, 0.05) is 18.2 Å². The normalized spacial score (nSPS) is 10.0. The Kier molecular flexibility index (Phi) is 12.2. The topological polar surface area (TPSA) is 30.5 Å². The van der Waals surface area contributed by atoms with Crippen molar-refractivity contribution in [3.05, 3.63) is 23.8 Å². The van der Waals surface area contributed by atoms with Crippen LogP contribution in [-0.2, 0) is 6.54 Å². The van der Waals surface area contributed by atoms with Crippen LogP contribution in [0.1, 0.15) is 51.0 Å². The molecule has 0 aliphatic rings. The van der Waals surface area contributed by atoms with Gasteiger partial charge in [-0.1, -0.05) is 45.1 Å². The third kappa shape index (κ3) is 8.18. The molecule has 1 aromatic rings. The Morgan fingerprint density at radius 1 is 0.952 bits per heavy atom. The van der Waals surface area contributed by atoms with Crippen LogP contribution in [0.2, 0.25) is 0 Å². The maximum atomic E-state index is 5.39. The van der Waals surface area contributed by atoms with Crippen LogP contribution in [0.4, 0.5) is 0 Å². The second-order valence-electron chi connectivity index (χ2n) is 5.12. The van der Waals surface area contributed by atoms with Crippen LogP contribution in [0.5, 0.6) is 11.5 Å². The summed E-state index contributed by atoms with van der Waals surface area (Å²) in [5.41, 5.74) is 1.18. The van der Waals surface area contributed by atoms with E-state index in [0.29, 0.717) is 0 Å². The summed E-state index contributed by atoms with van der Waals surface area (Å²) in [6.07, 6.45) is 8.01. The predicted octanol–water partition coefficient (Wildman–Crippen LogP) is 4.58. The van der Waals surface area contributed by atoms with Crippen LogP contribution in [0.3, 0.4) is 0 Å². The minimum absolute atomic E-state index is 0. The van der Waals surface area contributed by atoms with E-state index in [4.69, 9.17) is 9.47 Å². The second-order valence-corrected chi connectivity index (χ2v) is 5.12. The quantitative estimate of drug-likeness (QED) is 0.606. The van der Waals surface area contributed by atoms with Crippen molar-refractivity contribution in [2.24, 2.45) is 0 Å². The number of hydrogen-bond acceptors (Lipinski definition) is 3. The zero-order valence-electron chi connectivity index (χ0n) is 13.6. The van der Waals surface area contributed by atoms with Gasteiger partial charge in [0.25, 0.3) is 0 Å². The van der Waals surface area contributed by atoms with Gasteiger partial charge in [-0.3, -0.25) is 0 Å². The fourth-order valence-corrected chi connectivity index (χ4v) is 2.25. The molecule has 0 radical (unpaired) electrons. The van der Waals surface area contributed by atoms with Gasteiger partial charge in [-0.2, -0.15) is 0 Å². The smallest absolute Gasteiger partial charge is 0.127 e. The molecule has 1 N–H and O–H groups in total. The van der Waals surface area contributed by atoms with Crippen molar-refractivity contribution in [1.29, 1.82) is 0 Å². The zero-order valence-corrected chi connectivity index (χ0v) is 14.4. The molecule has 1 aromatic carbocycles. The van der Waals surface area contributed by atoms with Gasteiger partial charge >= 0.3 is 0 Å². The van der Waals surface area contributed by atoms with E-state index in [1.807, 2.05) is 12.1 Å². The van der Waals surface area contributed by atoms with Crippen molar-refractivity contribution >= 4 is 12.4 Å². The van der Waals surface area contributed by atoms with E-state index in [9.17, 15) is 0 Å². The molecule has 0 heterocycles. The van der Waals surface area contributed by atoms with Gasteiger partial charge < -0.3 is 14.8 Å². The van der Waals surface area contributed by atoms with Crippen LogP contribution in [0.15, 0.2) is 18.2 Å². The third-order valence-electron chi connectivity index (χ3n) is 3.52. The lowest BCUT2D eigenvalue weighted by atomic mass is 10.1. The van der Waals surface area contributed by atoms with Crippen LogP contribution < -0.4 is 14.8 Å². The minimum atomic E-state index is 0. The first-order valence-corrected chi connectivity index (χ1v) is 7.73. The van der Waals surface area contributed by atoms with E-state index >= 15 is 0 Å². The molecule has 0 aliphatic carbocycles. The van der Waals surface area contributed by atoms with Crippen molar-refractivity contribution in [2.45, 2.75) is 52.0 Å². The molecule has 0 atom stereocenters. The molecule has 122 valence electrons. The molecule has 0 spiro atoms. The highest BCUT2D eigenvalue weighted by molar-refractivity contribution is 5.85. The summed E-state index contributed by atoms with van der Waals surface area (Å²) >= 11 is 0. The molecule has 0 aliphatic heterocycles. The fourth-order valence-electron chi connectivity index (χ4n) is 2.25. The van der Waals surface area contributed by atoms with Crippen LogP contribution in [0, 0.1) is 0 Å². The average Bonchev–Trinajstić information content (AvgIpc) is 2.50. The zero-order chi connectivity index (χ0) is 14.6. The lowest BCUT2D eigenvalue weighted by Crippen LogP contribution is -2.15. The Morgan fingerprint density at radius 2 is 1.67 bits per heavy atom. The predicted molar refractivity (Wildman–Crippen MR) is 91.9 cm³/mol. The monoisotopic (exact) mass is 315 g/mol. The maximum Gasteiger partial charge on any atom is 0.127 e. The summed E-state index contributed by atoms with van der Waals surface area (Å²) < 4.78 is 10.6. The summed E-state index contributed by atoms with van der Waals surface area (Å²) in [5.74, 6) is 1.72. The number of ether oxygens (including phenoxy) is 2. The molecule has 0 saturated heterocycles. The highest BCUT2D eigenvalue weighted by Gasteiger charge is 2.04. The van der Waals surface area contributed by atoms with Crippen molar-refractivity contribution < 1.29 is 9.47 Å². The molecule has 0 saturated carbocycles. The molecule has 0 unspecified atom stereocenters. The van der Waals surface area contributed by atoms with E-state index in [0.717, 1.165) is 24.6 Å². The van der Waals surface area contributed by atoms with E-state index in [1.54, 1.807) is 14.2 Å². The van der Waals surface area contributed by atoms with Crippen molar-refractivity contribution in [1.82, 2.24) is 5.32 Å². The Labute approximate surface area is 135 Å². The van der Waals surface area contributed by atoms with Gasteiger partial charge in [0.05, 0.1) is 14.2 Å². The number of rotatable bonds is 11. The van der Waals surface area contributed by atoms with Crippen LogP contribution in [-0.4, -0.2) is 20.8 Å². The van der Waals surface area contributed by atoms with Gasteiger partial charge in [-0.15, -0.1) is 12.4 Å². The van der Waals surface area contributed by atoms with Gasteiger partial charge in [0.1, 0.15) is 11.5 Å². The minimum Gasteiger partial charge on any atom is -0.497 e. The third-order valence-corrected chi connectivity index (χ3v) is 3.52. The second kappa shape index (κ2) is 12.8. The van der Waals surface area contributed by atoms with E-state index < -0.39 is 0 Å². The van der Waals surface area contributed by atoms with E-state index in [1.165, 1.54) is 44.1 Å². The number of benzene rings is 1. The highest BCUT2D eigenvalue weighted by Crippen LogP contribution is 2.24. The average molecular weight is 316 g/mol. The number of halogens is 1. The summed E-state index contributed by atoms with van der Waals surface area (Å²) in [5, 5.41) is 3.48. The van der Waals surface area contributed by atoms with Gasteiger partial charge in [0.15, 0.2) is 0 Å². The molecule has 0 amide bonds. The first-order chi connectivity index (χ1) is 9.81. The van der Waals surface area contributed by atoms with Gasteiger partial charge in [-0.05, 0) is 19.0 Å². The first kappa shape index (κ1) is 20.1. The number of hydrogen-bond donors (Lipinski definition) is 1. The molecule has 21 heavy (non-hydrogen) atoms. The Hall–Kier alpha value is -0.930. The Balaban J connectivity index is 0.00000400. The number of nitrogens with one attached hydrogen (secondary N) is 1. The number of unbranched alkanes of at least 4 members (excludes halogenated alkanes) is 5. The highest BCUT2D eigenvalue weighted by atomic mass is 35.5. The van der Waals surface area contributed by atoms with Crippen molar-refractivity contribution in [2.75, 3.05) is 20.8 Å². The summed E-state index contributed by atoms with van der Waals surface area (Å²) in [6, 6.07) is 5.97. The Morgan fingerprint density at radius 3 is 2.33 bits per heavy atom. The van der Waals surface area contributed by atoms with E-state index in [-0.39, 0.29) is 12.4 Å². The largest absolute Gasteiger partial charge is 0.497 e. The van der Waals surface area contributed by atoms with Crippen molar-refractivity contribution in [3.63, 3.8) is 0 Å². The summed E-state index contributed by atoms with van der Waals surface area (Å²) in [7, 11) is 3.37. The van der Waals surface area contributed by atoms with Crippen molar-refractivity contribution in [3.8, 4) is 11.5 Å². The molecule has 0 aromatic heterocycles. The SMILES string of the molecule is CCCCCCCCNCc1ccc(OC)cc1OC.Cl. The summed E-state index contributed by atoms with van der Waals surface area (Å²) in [4.78, 5) is 0. The molecular formula is C17H30ClNO2. The standard InChI is InChI=1S/C17H29NO2.ClH/c1-4-5-6-7-8-9-12-18-14-15-10-11-16(19-2)13-17(15)20-3;/h10-11,13,18H,4-9,12,14H2,1-3H3;1H. The Bertz CT molecular complexity index is 372. The molecule has 1 rings (SSSR count). The maximum absolute atomic E-state index is 5.39. The van der Waals surface area contributed by atoms with Gasteiger partial charge in [-0.25, -0.2) is 0 Å². The first-order valence-electron chi connectivity index (χ1n) is 7.73. The van der Waals surface area contributed by atoms with E-state index in [2.05, 4.69) is 18.3 Å². The van der Waals surface area contributed by atoms with Gasteiger partial charge in [0.2, 0.25) is 0 Å².